The van der Waals surface area contributed by atoms with Crippen LogP contribution in [0.25, 0.3) is 0 Å². The normalized spacial score (nSPS) is 16.8. The zero-order chi connectivity index (χ0) is 17.2. The Balaban J connectivity index is 1.97. The van der Waals surface area contributed by atoms with Crippen molar-refractivity contribution in [2.45, 2.75) is 5.92 Å². The molecule has 3 aromatic rings. The van der Waals surface area contributed by atoms with Gasteiger partial charge in [0.15, 0.2) is 5.92 Å². The number of hydrogen-bond acceptors (Lipinski definition) is 2. The highest BCUT2D eigenvalue weighted by Gasteiger charge is 2.47. The van der Waals surface area contributed by atoms with Crippen LogP contribution in [-0.2, 0) is 9.63 Å². The quantitative estimate of drug-likeness (QED) is 0.336. The molecule has 0 bridgehead atoms. The van der Waals surface area contributed by atoms with Gasteiger partial charge < -0.3 is 0 Å². The molecule has 0 fully saturated rings. The zero-order valence-corrected chi connectivity index (χ0v) is 15.5. The van der Waals surface area contributed by atoms with E-state index in [4.69, 9.17) is 4.84 Å². The largest absolute Gasteiger partial charge is 0.398 e. The molecule has 3 nitrogen and oxygen atoms in total. The number of para-hydroxylation sites is 1. The van der Waals surface area contributed by atoms with Gasteiger partial charge in [-0.15, -0.1) is 0 Å². The van der Waals surface area contributed by atoms with E-state index in [1.165, 1.54) is 0 Å². The van der Waals surface area contributed by atoms with Gasteiger partial charge in [0.2, 0.25) is 0 Å². The number of carbonyl (C=O) groups excluding carboxylic acids is 1. The molecule has 1 unspecified atom stereocenters. The number of carbonyl (C=O) groups is 1. The van der Waals surface area contributed by atoms with Gasteiger partial charge in [0.05, 0.1) is 3.57 Å². The molecule has 0 spiro atoms. The molecule has 3 aromatic carbocycles. The van der Waals surface area contributed by atoms with Crippen molar-refractivity contribution in [2.24, 2.45) is 0 Å². The van der Waals surface area contributed by atoms with Crippen LogP contribution in [0, 0.1) is 3.57 Å². The summed E-state index contributed by atoms with van der Waals surface area (Å²) in [5.41, 5.74) is 3.62. The molecular weight excluding hydrogens is 425 g/mol. The van der Waals surface area contributed by atoms with Crippen LogP contribution < -0.4 is 0 Å². The number of rotatable bonds is 3. The summed E-state index contributed by atoms with van der Waals surface area (Å²) in [7, 11) is 0. The van der Waals surface area contributed by atoms with Gasteiger partial charge in [-0.1, -0.05) is 60.7 Å². The first-order chi connectivity index (χ1) is 12.3. The average Bonchev–Trinajstić information content (AvgIpc) is 3.00. The fraction of sp³-hybridized carbons (Fsp3) is 0.0476. The third-order valence-electron chi connectivity index (χ3n) is 4.18. The van der Waals surface area contributed by atoms with E-state index in [0.717, 1.165) is 26.1 Å². The number of halogens is 1. The lowest BCUT2D eigenvalue weighted by Crippen LogP contribution is -2.18. The first kappa shape index (κ1) is 16.0. The number of nitrogens with zero attached hydrogens (tertiary/aromatic N) is 1. The lowest BCUT2D eigenvalue weighted by atomic mass is 9.90. The van der Waals surface area contributed by atoms with Gasteiger partial charge in [0, 0.05) is 16.4 Å². The Kier molecular flexibility index (Phi) is 4.36. The maximum absolute atomic E-state index is 12.8. The van der Waals surface area contributed by atoms with Gasteiger partial charge in [0.25, 0.3) is 11.4 Å². The zero-order valence-electron chi connectivity index (χ0n) is 13.3. The highest BCUT2D eigenvalue weighted by atomic mass is 127. The average molecular weight is 440 g/mol. The lowest BCUT2D eigenvalue weighted by molar-refractivity contribution is -0.692. The fourth-order valence-electron chi connectivity index (χ4n) is 3.05. The summed E-state index contributed by atoms with van der Waals surface area (Å²) >= 11 is 2.26. The van der Waals surface area contributed by atoms with Crippen LogP contribution in [0.1, 0.15) is 17.0 Å². The Bertz CT molecular complexity index is 952. The second-order valence-corrected chi connectivity index (χ2v) is 6.91. The highest BCUT2D eigenvalue weighted by molar-refractivity contribution is 14.1. The Labute approximate surface area is 159 Å². The molecule has 0 saturated heterocycles. The monoisotopic (exact) mass is 440 g/mol. The van der Waals surface area contributed by atoms with Crippen molar-refractivity contribution in [3.8, 4) is 0 Å². The Morgan fingerprint density at radius 2 is 1.40 bits per heavy atom. The van der Waals surface area contributed by atoms with Crippen LogP contribution >= 0.6 is 22.6 Å². The van der Waals surface area contributed by atoms with Crippen molar-refractivity contribution < 1.29 is 14.4 Å². The number of hydrogen-bond donors (Lipinski definition) is 0. The molecule has 0 aromatic heterocycles. The second-order valence-electron chi connectivity index (χ2n) is 5.75. The maximum Gasteiger partial charge on any atom is 0.398 e. The van der Waals surface area contributed by atoms with E-state index in [1.807, 2.05) is 84.9 Å². The summed E-state index contributed by atoms with van der Waals surface area (Å²) in [5.74, 6) is -0.704. The summed E-state index contributed by atoms with van der Waals surface area (Å²) < 4.78 is 2.70. The third-order valence-corrected chi connectivity index (χ3v) is 5.10. The smallest absolute Gasteiger partial charge is 0.243 e. The minimum absolute atomic E-state index is 0.260. The SMILES string of the molecule is O=C1O[N+](c2ccccc2I)=C(c2ccccc2)C1c1ccccc1. The molecule has 25 heavy (non-hydrogen) atoms. The standard InChI is InChI=1S/C21H15INO2/c22-17-13-7-8-14-18(17)23-20(16-11-5-2-6-12-16)19(21(24)25-23)15-9-3-1-4-10-15/h1-14,19H/q+1. The Morgan fingerprint density at radius 1 is 0.800 bits per heavy atom. The topological polar surface area (TPSA) is 29.3 Å². The van der Waals surface area contributed by atoms with Gasteiger partial charge in [-0.05, 0) is 46.4 Å². The van der Waals surface area contributed by atoms with Gasteiger partial charge in [0.1, 0.15) is 0 Å². The molecule has 4 rings (SSSR count). The summed E-state index contributed by atoms with van der Waals surface area (Å²) in [4.78, 5) is 18.5. The molecule has 0 amide bonds. The molecule has 0 radical (unpaired) electrons. The summed E-state index contributed by atoms with van der Waals surface area (Å²) in [6, 6.07) is 27.6. The molecule has 0 N–H and O–H groups in total. The van der Waals surface area contributed by atoms with E-state index >= 15 is 0 Å². The van der Waals surface area contributed by atoms with E-state index in [2.05, 4.69) is 22.6 Å². The minimum Gasteiger partial charge on any atom is -0.243 e. The summed E-state index contributed by atoms with van der Waals surface area (Å²) in [5, 5.41) is 0. The summed E-state index contributed by atoms with van der Waals surface area (Å²) in [6.07, 6.45) is 0. The molecule has 1 atom stereocenters. The summed E-state index contributed by atoms with van der Waals surface area (Å²) in [6.45, 7) is 0. The molecule has 0 aliphatic carbocycles. The molecule has 1 heterocycles. The van der Waals surface area contributed by atoms with Crippen LogP contribution in [-0.4, -0.2) is 16.4 Å². The van der Waals surface area contributed by atoms with Crippen LogP contribution in [0.2, 0.25) is 0 Å². The first-order valence-corrected chi connectivity index (χ1v) is 9.07. The van der Waals surface area contributed by atoms with Gasteiger partial charge in [-0.25, -0.2) is 4.79 Å². The van der Waals surface area contributed by atoms with E-state index in [0.29, 0.717) is 0 Å². The molecule has 1 aliphatic rings. The first-order valence-electron chi connectivity index (χ1n) is 7.99. The third kappa shape index (κ3) is 2.98. The van der Waals surface area contributed by atoms with Crippen molar-refractivity contribution in [2.75, 3.05) is 0 Å². The van der Waals surface area contributed by atoms with Crippen LogP contribution in [0.5, 0.6) is 0 Å². The van der Waals surface area contributed by atoms with Gasteiger partial charge in [-0.3, -0.25) is 0 Å². The number of benzene rings is 3. The van der Waals surface area contributed by atoms with E-state index in [9.17, 15) is 4.79 Å². The van der Waals surface area contributed by atoms with E-state index in [1.54, 1.807) is 4.74 Å². The van der Waals surface area contributed by atoms with Gasteiger partial charge in [-0.2, -0.15) is 4.84 Å². The van der Waals surface area contributed by atoms with Crippen molar-refractivity contribution in [1.82, 2.24) is 0 Å². The Morgan fingerprint density at radius 3 is 2.08 bits per heavy atom. The molecule has 4 heteroatoms. The van der Waals surface area contributed by atoms with Crippen molar-refractivity contribution in [1.29, 1.82) is 0 Å². The predicted octanol–water partition coefficient (Wildman–Crippen LogP) is 4.68. The highest BCUT2D eigenvalue weighted by Crippen LogP contribution is 2.33. The second kappa shape index (κ2) is 6.80. The van der Waals surface area contributed by atoms with Crippen LogP contribution in [0.15, 0.2) is 84.9 Å². The van der Waals surface area contributed by atoms with Crippen LogP contribution in [0.3, 0.4) is 0 Å². The van der Waals surface area contributed by atoms with Crippen molar-refractivity contribution >= 4 is 40.0 Å². The predicted molar refractivity (Wildman–Crippen MR) is 105 cm³/mol. The maximum atomic E-state index is 12.8. The van der Waals surface area contributed by atoms with Crippen molar-refractivity contribution in [3.05, 3.63) is 99.6 Å². The van der Waals surface area contributed by atoms with Gasteiger partial charge >= 0.3 is 5.97 Å². The lowest BCUT2D eigenvalue weighted by Gasteiger charge is -2.05. The molecule has 0 saturated carbocycles. The van der Waals surface area contributed by atoms with E-state index in [-0.39, 0.29) is 5.97 Å². The Hall–Kier alpha value is -2.47. The fourth-order valence-corrected chi connectivity index (χ4v) is 3.65. The van der Waals surface area contributed by atoms with Crippen LogP contribution in [0.4, 0.5) is 5.69 Å². The van der Waals surface area contributed by atoms with Crippen molar-refractivity contribution in [3.63, 3.8) is 0 Å². The van der Waals surface area contributed by atoms with E-state index < -0.39 is 5.92 Å². The molecule has 1 aliphatic heterocycles. The molecular formula is C21H15INO2+. The molecule has 122 valence electrons. The minimum atomic E-state index is -0.445.